The van der Waals surface area contributed by atoms with Gasteiger partial charge in [0.25, 0.3) is 5.91 Å². The SMILES string of the molecule is COc1cc2c(cc1OC)[C@@H](NC(=O)c1ccc(C)cc1)CC2=O. The van der Waals surface area contributed by atoms with E-state index in [1.165, 1.54) is 7.11 Å². The monoisotopic (exact) mass is 325 g/mol. The third-order valence-electron chi connectivity index (χ3n) is 4.24. The lowest BCUT2D eigenvalue weighted by Gasteiger charge is -2.15. The van der Waals surface area contributed by atoms with Gasteiger partial charge in [0.05, 0.1) is 20.3 Å². The molecule has 1 aliphatic rings. The Morgan fingerprint density at radius 1 is 1.08 bits per heavy atom. The average molecular weight is 325 g/mol. The third-order valence-corrected chi connectivity index (χ3v) is 4.24. The molecule has 0 saturated heterocycles. The molecule has 0 fully saturated rings. The molecule has 0 aliphatic heterocycles. The van der Waals surface area contributed by atoms with Gasteiger partial charge in [0, 0.05) is 17.5 Å². The molecule has 1 atom stereocenters. The van der Waals surface area contributed by atoms with Crippen LogP contribution in [0.15, 0.2) is 36.4 Å². The number of amides is 1. The van der Waals surface area contributed by atoms with Gasteiger partial charge in [0.15, 0.2) is 17.3 Å². The molecule has 1 aliphatic carbocycles. The van der Waals surface area contributed by atoms with Crippen LogP contribution in [-0.4, -0.2) is 25.9 Å². The van der Waals surface area contributed by atoms with Crippen molar-refractivity contribution < 1.29 is 19.1 Å². The number of Topliss-reactive ketones (excluding diaryl/α,β-unsaturated/α-hetero) is 1. The van der Waals surface area contributed by atoms with E-state index in [4.69, 9.17) is 9.47 Å². The Balaban J connectivity index is 1.88. The minimum atomic E-state index is -0.360. The normalized spacial score (nSPS) is 15.8. The van der Waals surface area contributed by atoms with E-state index in [0.717, 1.165) is 11.1 Å². The molecule has 0 saturated carbocycles. The van der Waals surface area contributed by atoms with Crippen molar-refractivity contribution >= 4 is 11.7 Å². The van der Waals surface area contributed by atoms with Crippen molar-refractivity contribution in [3.8, 4) is 11.5 Å². The van der Waals surface area contributed by atoms with Crippen LogP contribution in [0, 0.1) is 6.92 Å². The average Bonchev–Trinajstić information content (AvgIpc) is 2.89. The number of nitrogens with one attached hydrogen (secondary N) is 1. The van der Waals surface area contributed by atoms with Gasteiger partial charge in [-0.3, -0.25) is 9.59 Å². The molecule has 1 N–H and O–H groups in total. The van der Waals surface area contributed by atoms with Crippen molar-refractivity contribution in [3.63, 3.8) is 0 Å². The predicted octanol–water partition coefficient (Wildman–Crippen LogP) is 3.07. The Kier molecular flexibility index (Phi) is 4.25. The molecule has 2 aromatic carbocycles. The maximum Gasteiger partial charge on any atom is 0.251 e. The lowest BCUT2D eigenvalue weighted by molar-refractivity contribution is 0.0925. The highest BCUT2D eigenvalue weighted by Crippen LogP contribution is 2.39. The van der Waals surface area contributed by atoms with E-state index < -0.39 is 0 Å². The molecule has 3 rings (SSSR count). The van der Waals surface area contributed by atoms with Crippen molar-refractivity contribution in [3.05, 3.63) is 58.7 Å². The van der Waals surface area contributed by atoms with Gasteiger partial charge in [-0.25, -0.2) is 0 Å². The van der Waals surface area contributed by atoms with Crippen molar-refractivity contribution in [2.45, 2.75) is 19.4 Å². The van der Waals surface area contributed by atoms with Crippen molar-refractivity contribution in [1.82, 2.24) is 5.32 Å². The Hall–Kier alpha value is -2.82. The van der Waals surface area contributed by atoms with Crippen LogP contribution in [0.4, 0.5) is 0 Å². The fraction of sp³-hybridized carbons (Fsp3) is 0.263. The van der Waals surface area contributed by atoms with E-state index in [0.29, 0.717) is 22.6 Å². The Morgan fingerprint density at radius 3 is 2.33 bits per heavy atom. The molecule has 0 radical (unpaired) electrons. The third kappa shape index (κ3) is 2.85. The number of ketones is 1. The van der Waals surface area contributed by atoms with Gasteiger partial charge < -0.3 is 14.8 Å². The molecular weight excluding hydrogens is 306 g/mol. The predicted molar refractivity (Wildman–Crippen MR) is 89.9 cm³/mol. The fourth-order valence-corrected chi connectivity index (χ4v) is 2.91. The van der Waals surface area contributed by atoms with Gasteiger partial charge in [0.2, 0.25) is 0 Å². The first-order valence-corrected chi connectivity index (χ1v) is 7.70. The summed E-state index contributed by atoms with van der Waals surface area (Å²) in [4.78, 5) is 24.7. The zero-order valence-corrected chi connectivity index (χ0v) is 13.9. The molecule has 0 unspecified atom stereocenters. The van der Waals surface area contributed by atoms with Crippen LogP contribution >= 0.6 is 0 Å². The molecule has 0 aromatic heterocycles. The maximum absolute atomic E-state index is 12.4. The van der Waals surface area contributed by atoms with E-state index in [1.807, 2.05) is 19.1 Å². The summed E-state index contributed by atoms with van der Waals surface area (Å²) in [5.74, 6) is 0.839. The van der Waals surface area contributed by atoms with Crippen LogP contribution in [0.25, 0.3) is 0 Å². The van der Waals surface area contributed by atoms with Gasteiger partial charge in [-0.05, 0) is 36.8 Å². The number of methoxy groups -OCH3 is 2. The molecule has 2 aromatic rings. The number of carbonyl (C=O) groups excluding carboxylic acids is 2. The highest BCUT2D eigenvalue weighted by Gasteiger charge is 2.32. The van der Waals surface area contributed by atoms with Crippen LogP contribution < -0.4 is 14.8 Å². The van der Waals surface area contributed by atoms with Crippen molar-refractivity contribution in [2.24, 2.45) is 0 Å². The first kappa shape index (κ1) is 16.1. The Labute approximate surface area is 140 Å². The molecule has 0 heterocycles. The smallest absolute Gasteiger partial charge is 0.251 e. The molecule has 5 nitrogen and oxygen atoms in total. The van der Waals surface area contributed by atoms with Crippen molar-refractivity contribution in [2.75, 3.05) is 14.2 Å². The van der Waals surface area contributed by atoms with Gasteiger partial charge in [0.1, 0.15) is 0 Å². The summed E-state index contributed by atoms with van der Waals surface area (Å²) in [6, 6.07) is 10.4. The second kappa shape index (κ2) is 6.35. The molecule has 1 amide bonds. The standard InChI is InChI=1S/C19H19NO4/c1-11-4-6-12(7-5-11)19(22)20-15-10-16(21)14-9-18(24-3)17(23-2)8-13(14)15/h4-9,15H,10H2,1-3H3,(H,20,22)/t15-/m0/s1. The molecule has 5 heteroatoms. The van der Waals surface area contributed by atoms with Crippen molar-refractivity contribution in [1.29, 1.82) is 0 Å². The maximum atomic E-state index is 12.4. The minimum Gasteiger partial charge on any atom is -0.493 e. The molecule has 124 valence electrons. The van der Waals surface area contributed by atoms with E-state index in [1.54, 1.807) is 31.4 Å². The van der Waals surface area contributed by atoms with Crippen LogP contribution in [0.2, 0.25) is 0 Å². The summed E-state index contributed by atoms with van der Waals surface area (Å²) >= 11 is 0. The van der Waals surface area contributed by atoms with Crippen LogP contribution in [0.1, 0.15) is 44.3 Å². The number of rotatable bonds is 4. The summed E-state index contributed by atoms with van der Waals surface area (Å²) in [5.41, 5.74) is 2.99. The molecule has 24 heavy (non-hydrogen) atoms. The quantitative estimate of drug-likeness (QED) is 0.938. The lowest BCUT2D eigenvalue weighted by atomic mass is 10.1. The van der Waals surface area contributed by atoms with Crippen LogP contribution in [-0.2, 0) is 0 Å². The summed E-state index contributed by atoms with van der Waals surface area (Å²) in [5, 5.41) is 2.93. The second-order valence-corrected chi connectivity index (χ2v) is 5.81. The summed E-state index contributed by atoms with van der Waals surface area (Å²) in [6.45, 7) is 1.97. The van der Waals surface area contributed by atoms with Crippen LogP contribution in [0.3, 0.4) is 0 Å². The number of hydrogen-bond donors (Lipinski definition) is 1. The minimum absolute atomic E-state index is 0.0137. The fourth-order valence-electron chi connectivity index (χ4n) is 2.91. The highest BCUT2D eigenvalue weighted by atomic mass is 16.5. The van der Waals surface area contributed by atoms with Gasteiger partial charge in [-0.1, -0.05) is 17.7 Å². The van der Waals surface area contributed by atoms with Gasteiger partial charge in [-0.2, -0.15) is 0 Å². The summed E-state index contributed by atoms with van der Waals surface area (Å²) < 4.78 is 10.5. The van der Waals surface area contributed by atoms with E-state index in [2.05, 4.69) is 5.32 Å². The number of fused-ring (bicyclic) bond motifs is 1. The molecular formula is C19H19NO4. The van der Waals surface area contributed by atoms with Crippen LogP contribution in [0.5, 0.6) is 11.5 Å². The van der Waals surface area contributed by atoms with Gasteiger partial charge in [-0.15, -0.1) is 0 Å². The first-order chi connectivity index (χ1) is 11.5. The topological polar surface area (TPSA) is 64.6 Å². The first-order valence-electron chi connectivity index (χ1n) is 7.70. The number of benzene rings is 2. The zero-order valence-electron chi connectivity index (χ0n) is 13.9. The zero-order chi connectivity index (χ0) is 17.3. The van der Waals surface area contributed by atoms with E-state index in [9.17, 15) is 9.59 Å². The summed E-state index contributed by atoms with van der Waals surface area (Å²) in [6.07, 6.45) is 0.239. The number of carbonyl (C=O) groups is 2. The van der Waals surface area contributed by atoms with E-state index >= 15 is 0 Å². The number of ether oxygens (including phenoxy) is 2. The largest absolute Gasteiger partial charge is 0.493 e. The van der Waals surface area contributed by atoms with E-state index in [-0.39, 0.29) is 24.2 Å². The van der Waals surface area contributed by atoms with Gasteiger partial charge >= 0.3 is 0 Å². The number of aryl methyl sites for hydroxylation is 1. The summed E-state index contributed by atoms with van der Waals surface area (Å²) in [7, 11) is 3.07. The second-order valence-electron chi connectivity index (χ2n) is 5.81. The Morgan fingerprint density at radius 2 is 1.71 bits per heavy atom. The highest BCUT2D eigenvalue weighted by molar-refractivity contribution is 6.03. The lowest BCUT2D eigenvalue weighted by Crippen LogP contribution is -2.27. The number of hydrogen-bond acceptors (Lipinski definition) is 4. The molecule has 0 spiro atoms. The Bertz CT molecular complexity index is 796. The molecule has 0 bridgehead atoms.